The molecular weight excluding hydrogens is 361 g/mol. The Morgan fingerprint density at radius 2 is 1.72 bits per heavy atom. The number of benzene rings is 2. The van der Waals surface area contributed by atoms with Gasteiger partial charge < -0.3 is 5.32 Å². The van der Waals surface area contributed by atoms with E-state index in [1.54, 1.807) is 24.3 Å². The van der Waals surface area contributed by atoms with Crippen molar-refractivity contribution in [2.24, 2.45) is 0 Å². The highest BCUT2D eigenvalue weighted by Crippen LogP contribution is 2.17. The first-order chi connectivity index (χ1) is 11.8. The van der Waals surface area contributed by atoms with Crippen molar-refractivity contribution in [3.8, 4) is 0 Å². The fraction of sp³-hybridized carbons (Fsp3) is 0.278. The molecule has 0 fully saturated rings. The molecule has 0 aliphatic rings. The second-order valence-electron chi connectivity index (χ2n) is 5.75. The molecule has 7 heteroatoms. The zero-order valence-corrected chi connectivity index (χ0v) is 15.7. The molecule has 2 aromatic carbocycles. The monoisotopic (exact) mass is 381 g/mol. The lowest BCUT2D eigenvalue weighted by molar-refractivity contribution is -0.119. The van der Waals surface area contributed by atoms with Gasteiger partial charge in [0.1, 0.15) is 5.82 Å². The number of sulfone groups is 1. The van der Waals surface area contributed by atoms with E-state index in [-0.39, 0.29) is 22.7 Å². The molecule has 2 rings (SSSR count). The highest BCUT2D eigenvalue weighted by atomic mass is 32.2. The van der Waals surface area contributed by atoms with E-state index in [9.17, 15) is 17.6 Å². The Hall–Kier alpha value is -1.86. The SMILES string of the molecule is C[C@@H](NC(=O)CSCc1ccc(F)cc1)c1ccc(S(C)(=O)=O)cc1. The highest BCUT2D eigenvalue weighted by Gasteiger charge is 2.12. The van der Waals surface area contributed by atoms with Crippen LogP contribution in [-0.2, 0) is 20.4 Å². The third-order valence-electron chi connectivity index (χ3n) is 3.60. The number of halogens is 1. The average Bonchev–Trinajstić information content (AvgIpc) is 2.56. The van der Waals surface area contributed by atoms with E-state index in [1.807, 2.05) is 6.92 Å². The van der Waals surface area contributed by atoms with Crippen molar-refractivity contribution in [2.45, 2.75) is 23.6 Å². The smallest absolute Gasteiger partial charge is 0.230 e. The van der Waals surface area contributed by atoms with Crippen LogP contribution in [0.25, 0.3) is 0 Å². The van der Waals surface area contributed by atoms with Crippen LogP contribution in [0.3, 0.4) is 0 Å². The van der Waals surface area contributed by atoms with Crippen molar-refractivity contribution in [3.63, 3.8) is 0 Å². The summed E-state index contributed by atoms with van der Waals surface area (Å²) < 4.78 is 35.7. The summed E-state index contributed by atoms with van der Waals surface area (Å²) >= 11 is 1.45. The molecule has 0 aliphatic heterocycles. The summed E-state index contributed by atoms with van der Waals surface area (Å²) in [6.07, 6.45) is 1.16. The molecule has 0 bridgehead atoms. The van der Waals surface area contributed by atoms with Crippen LogP contribution in [0.2, 0.25) is 0 Å². The maximum absolute atomic E-state index is 12.8. The molecule has 4 nitrogen and oxygen atoms in total. The first kappa shape index (κ1) is 19.5. The summed E-state index contributed by atoms with van der Waals surface area (Å²) in [5, 5.41) is 2.88. The minimum absolute atomic E-state index is 0.105. The van der Waals surface area contributed by atoms with Gasteiger partial charge in [-0.15, -0.1) is 11.8 Å². The molecule has 134 valence electrons. The van der Waals surface area contributed by atoms with Crippen LogP contribution in [0.15, 0.2) is 53.4 Å². The number of thioether (sulfide) groups is 1. The van der Waals surface area contributed by atoms with Gasteiger partial charge >= 0.3 is 0 Å². The number of carbonyl (C=O) groups is 1. The van der Waals surface area contributed by atoms with Crippen LogP contribution in [-0.4, -0.2) is 26.3 Å². The summed E-state index contributed by atoms with van der Waals surface area (Å²) in [5.41, 5.74) is 1.80. The molecule has 1 N–H and O–H groups in total. The minimum atomic E-state index is -3.22. The fourth-order valence-corrected chi connectivity index (χ4v) is 3.64. The van der Waals surface area contributed by atoms with E-state index < -0.39 is 9.84 Å². The standard InChI is InChI=1S/C18H20FNO3S2/c1-13(15-5-9-17(10-6-15)25(2,22)23)20-18(21)12-24-11-14-3-7-16(19)8-4-14/h3-10,13H,11-12H2,1-2H3,(H,20,21)/t13-/m1/s1. The maximum Gasteiger partial charge on any atom is 0.230 e. The van der Waals surface area contributed by atoms with Crippen LogP contribution in [0.1, 0.15) is 24.1 Å². The molecule has 25 heavy (non-hydrogen) atoms. The Labute approximate surface area is 151 Å². The summed E-state index contributed by atoms with van der Waals surface area (Å²) in [4.78, 5) is 12.3. The lowest BCUT2D eigenvalue weighted by Gasteiger charge is -2.14. The zero-order valence-electron chi connectivity index (χ0n) is 14.0. The summed E-state index contributed by atoms with van der Waals surface area (Å²) in [6.45, 7) is 1.85. The Kier molecular flexibility index (Phi) is 6.61. The van der Waals surface area contributed by atoms with Gasteiger partial charge in [-0.05, 0) is 42.3 Å². The molecule has 0 aliphatic carbocycles. The van der Waals surface area contributed by atoms with Crippen LogP contribution in [0.5, 0.6) is 0 Å². The summed E-state index contributed by atoms with van der Waals surface area (Å²) in [6, 6.07) is 12.5. The van der Waals surface area contributed by atoms with E-state index in [0.29, 0.717) is 11.5 Å². The topological polar surface area (TPSA) is 63.2 Å². The first-order valence-corrected chi connectivity index (χ1v) is 10.7. The minimum Gasteiger partial charge on any atom is -0.349 e. The molecule has 2 aromatic rings. The quantitative estimate of drug-likeness (QED) is 0.799. The van der Waals surface area contributed by atoms with Crippen molar-refractivity contribution in [3.05, 3.63) is 65.5 Å². The van der Waals surface area contributed by atoms with Gasteiger partial charge in [0.15, 0.2) is 9.84 Å². The van der Waals surface area contributed by atoms with Gasteiger partial charge in [0.2, 0.25) is 5.91 Å². The first-order valence-electron chi connectivity index (χ1n) is 7.67. The second-order valence-corrected chi connectivity index (χ2v) is 8.75. The average molecular weight is 381 g/mol. The van der Waals surface area contributed by atoms with Crippen molar-refractivity contribution >= 4 is 27.5 Å². The predicted octanol–water partition coefficient (Wildman–Crippen LogP) is 3.34. The normalized spacial score (nSPS) is 12.6. The molecule has 0 radical (unpaired) electrons. The van der Waals surface area contributed by atoms with Gasteiger partial charge in [0.25, 0.3) is 0 Å². The maximum atomic E-state index is 12.8. The number of rotatable bonds is 7. The van der Waals surface area contributed by atoms with Crippen molar-refractivity contribution in [1.82, 2.24) is 5.32 Å². The molecule has 0 heterocycles. The Morgan fingerprint density at radius 1 is 1.12 bits per heavy atom. The largest absolute Gasteiger partial charge is 0.349 e. The number of carbonyl (C=O) groups excluding carboxylic acids is 1. The summed E-state index contributed by atoms with van der Waals surface area (Å²) in [5.74, 6) is 0.544. The lowest BCUT2D eigenvalue weighted by atomic mass is 10.1. The Bertz CT molecular complexity index is 818. The molecule has 0 spiro atoms. The van der Waals surface area contributed by atoms with E-state index in [4.69, 9.17) is 0 Å². The van der Waals surface area contributed by atoms with Gasteiger partial charge in [0.05, 0.1) is 16.7 Å². The summed E-state index contributed by atoms with van der Waals surface area (Å²) in [7, 11) is -3.22. The van der Waals surface area contributed by atoms with Gasteiger partial charge in [-0.1, -0.05) is 24.3 Å². The highest BCUT2D eigenvalue weighted by molar-refractivity contribution is 7.99. The number of amides is 1. The molecule has 1 atom stereocenters. The molecule has 0 aromatic heterocycles. The number of nitrogens with one attached hydrogen (secondary N) is 1. The molecule has 0 saturated heterocycles. The molecule has 0 unspecified atom stereocenters. The van der Waals surface area contributed by atoms with Crippen molar-refractivity contribution in [1.29, 1.82) is 0 Å². The third-order valence-corrected chi connectivity index (χ3v) is 5.73. The predicted molar refractivity (Wildman–Crippen MR) is 98.7 cm³/mol. The Balaban J connectivity index is 1.82. The molecule has 1 amide bonds. The van der Waals surface area contributed by atoms with Gasteiger partial charge in [-0.25, -0.2) is 12.8 Å². The number of hydrogen-bond acceptors (Lipinski definition) is 4. The van der Waals surface area contributed by atoms with E-state index in [2.05, 4.69) is 5.32 Å². The van der Waals surface area contributed by atoms with Gasteiger partial charge in [-0.3, -0.25) is 4.79 Å². The second kappa shape index (κ2) is 8.49. The number of hydrogen-bond donors (Lipinski definition) is 1. The van der Waals surface area contributed by atoms with Crippen molar-refractivity contribution < 1.29 is 17.6 Å². The van der Waals surface area contributed by atoms with Crippen LogP contribution < -0.4 is 5.32 Å². The van der Waals surface area contributed by atoms with E-state index >= 15 is 0 Å². The fourth-order valence-electron chi connectivity index (χ4n) is 2.21. The Morgan fingerprint density at radius 3 is 2.28 bits per heavy atom. The van der Waals surface area contributed by atoms with E-state index in [0.717, 1.165) is 17.4 Å². The van der Waals surface area contributed by atoms with Crippen LogP contribution >= 0.6 is 11.8 Å². The van der Waals surface area contributed by atoms with Gasteiger partial charge in [0, 0.05) is 12.0 Å². The lowest BCUT2D eigenvalue weighted by Crippen LogP contribution is -2.28. The van der Waals surface area contributed by atoms with Crippen molar-refractivity contribution in [2.75, 3.05) is 12.0 Å². The molecule has 0 saturated carbocycles. The van der Waals surface area contributed by atoms with E-state index in [1.165, 1.54) is 36.0 Å². The molecular formula is C18H20FNO3S2. The zero-order chi connectivity index (χ0) is 18.4. The van der Waals surface area contributed by atoms with Gasteiger partial charge in [-0.2, -0.15) is 0 Å². The third kappa shape index (κ3) is 6.17. The van der Waals surface area contributed by atoms with Crippen LogP contribution in [0, 0.1) is 5.82 Å². The van der Waals surface area contributed by atoms with Crippen LogP contribution in [0.4, 0.5) is 4.39 Å².